The molecule has 0 saturated carbocycles. The lowest BCUT2D eigenvalue weighted by atomic mass is 10.2. The molecule has 0 heterocycles. The standard InChI is InChI=1S/C10H12F2N2O2/c1-15-8-4-6(10(13)14)2-3-7(8)16-5-9(11)12/h2-4,9H,5H2,1H3,(H3,13,14). The van der Waals surface area contributed by atoms with Crippen LogP contribution in [-0.2, 0) is 0 Å². The zero-order valence-corrected chi connectivity index (χ0v) is 8.67. The van der Waals surface area contributed by atoms with Gasteiger partial charge in [-0.3, -0.25) is 5.41 Å². The summed E-state index contributed by atoms with van der Waals surface area (Å²) in [5.74, 6) is 0.347. The van der Waals surface area contributed by atoms with E-state index in [1.807, 2.05) is 0 Å². The average molecular weight is 230 g/mol. The molecule has 0 fully saturated rings. The molecule has 0 saturated heterocycles. The van der Waals surface area contributed by atoms with Gasteiger partial charge in [0.05, 0.1) is 7.11 Å². The number of halogens is 2. The number of nitrogens with two attached hydrogens (primary N) is 1. The fraction of sp³-hybridized carbons (Fsp3) is 0.300. The maximum atomic E-state index is 11.9. The van der Waals surface area contributed by atoms with Crippen molar-refractivity contribution < 1.29 is 18.3 Å². The molecule has 0 spiro atoms. The van der Waals surface area contributed by atoms with Crippen molar-refractivity contribution in [1.29, 1.82) is 5.41 Å². The van der Waals surface area contributed by atoms with E-state index >= 15 is 0 Å². The lowest BCUT2D eigenvalue weighted by Gasteiger charge is -2.11. The van der Waals surface area contributed by atoms with Crippen LogP contribution in [0.5, 0.6) is 11.5 Å². The predicted octanol–water partition coefficient (Wildman–Crippen LogP) is 1.62. The predicted molar refractivity (Wildman–Crippen MR) is 55.5 cm³/mol. The molecular formula is C10H12F2N2O2. The number of rotatable bonds is 5. The summed E-state index contributed by atoms with van der Waals surface area (Å²) in [5, 5.41) is 7.21. The largest absolute Gasteiger partial charge is 0.493 e. The highest BCUT2D eigenvalue weighted by molar-refractivity contribution is 5.95. The molecule has 0 bridgehead atoms. The number of alkyl halides is 2. The van der Waals surface area contributed by atoms with Crippen LogP contribution >= 0.6 is 0 Å². The molecule has 1 aromatic rings. The number of benzene rings is 1. The number of nitrogens with one attached hydrogen (secondary N) is 1. The molecule has 0 aliphatic heterocycles. The Labute approximate surface area is 91.5 Å². The molecule has 3 N–H and O–H groups in total. The highest BCUT2D eigenvalue weighted by Gasteiger charge is 2.10. The van der Waals surface area contributed by atoms with Gasteiger partial charge in [-0.25, -0.2) is 8.78 Å². The van der Waals surface area contributed by atoms with Crippen molar-refractivity contribution in [3.63, 3.8) is 0 Å². The maximum absolute atomic E-state index is 11.9. The second-order valence-corrected chi connectivity index (χ2v) is 2.98. The van der Waals surface area contributed by atoms with Crippen molar-refractivity contribution in [2.75, 3.05) is 13.7 Å². The number of methoxy groups -OCH3 is 1. The summed E-state index contributed by atoms with van der Waals surface area (Å²) in [6.45, 7) is -0.699. The summed E-state index contributed by atoms with van der Waals surface area (Å²) in [7, 11) is 1.38. The number of ether oxygens (including phenoxy) is 2. The van der Waals surface area contributed by atoms with Crippen LogP contribution in [0.3, 0.4) is 0 Å². The van der Waals surface area contributed by atoms with Crippen molar-refractivity contribution in [3.05, 3.63) is 23.8 Å². The molecular weight excluding hydrogens is 218 g/mol. The summed E-state index contributed by atoms with van der Waals surface area (Å²) < 4.78 is 33.7. The molecule has 0 atom stereocenters. The Morgan fingerprint density at radius 2 is 2.12 bits per heavy atom. The lowest BCUT2D eigenvalue weighted by molar-refractivity contribution is 0.0804. The Morgan fingerprint density at radius 3 is 2.62 bits per heavy atom. The number of hydrogen-bond donors (Lipinski definition) is 2. The fourth-order valence-electron chi connectivity index (χ4n) is 1.11. The minimum atomic E-state index is -2.54. The second kappa shape index (κ2) is 5.29. The van der Waals surface area contributed by atoms with Gasteiger partial charge in [-0.05, 0) is 18.2 Å². The van der Waals surface area contributed by atoms with Gasteiger partial charge in [0.15, 0.2) is 11.5 Å². The highest BCUT2D eigenvalue weighted by atomic mass is 19.3. The van der Waals surface area contributed by atoms with E-state index in [9.17, 15) is 8.78 Å². The van der Waals surface area contributed by atoms with Gasteiger partial charge in [-0.15, -0.1) is 0 Å². The number of nitrogen functional groups attached to an aromatic ring is 1. The Morgan fingerprint density at radius 1 is 1.44 bits per heavy atom. The van der Waals surface area contributed by atoms with Gasteiger partial charge in [0.1, 0.15) is 12.4 Å². The molecule has 16 heavy (non-hydrogen) atoms. The first-order chi connectivity index (χ1) is 7.54. The first-order valence-corrected chi connectivity index (χ1v) is 4.48. The van der Waals surface area contributed by atoms with E-state index in [4.69, 9.17) is 20.6 Å². The molecule has 1 aromatic carbocycles. The first kappa shape index (κ1) is 12.2. The van der Waals surface area contributed by atoms with Crippen LogP contribution in [0.4, 0.5) is 8.78 Å². The zero-order chi connectivity index (χ0) is 12.1. The summed E-state index contributed by atoms with van der Waals surface area (Å²) in [6.07, 6.45) is -2.54. The van der Waals surface area contributed by atoms with Crippen molar-refractivity contribution in [2.45, 2.75) is 6.43 Å². The summed E-state index contributed by atoms with van der Waals surface area (Å²) in [5.41, 5.74) is 5.72. The van der Waals surface area contributed by atoms with Crippen LogP contribution in [0.2, 0.25) is 0 Å². The minimum Gasteiger partial charge on any atom is -0.493 e. The van der Waals surface area contributed by atoms with Gasteiger partial charge in [0, 0.05) is 5.56 Å². The summed E-state index contributed by atoms with van der Waals surface area (Å²) in [6, 6.07) is 4.41. The van der Waals surface area contributed by atoms with Crippen molar-refractivity contribution in [2.24, 2.45) is 5.73 Å². The van der Waals surface area contributed by atoms with E-state index in [-0.39, 0.29) is 17.3 Å². The van der Waals surface area contributed by atoms with E-state index in [1.54, 1.807) is 0 Å². The van der Waals surface area contributed by atoms with E-state index in [2.05, 4.69) is 0 Å². The Balaban J connectivity index is 2.89. The van der Waals surface area contributed by atoms with E-state index in [0.29, 0.717) is 5.56 Å². The Hall–Kier alpha value is -1.85. The fourth-order valence-corrected chi connectivity index (χ4v) is 1.11. The van der Waals surface area contributed by atoms with E-state index in [1.165, 1.54) is 25.3 Å². The van der Waals surface area contributed by atoms with Crippen molar-refractivity contribution >= 4 is 5.84 Å². The Bertz CT molecular complexity index is 383. The molecule has 0 aliphatic rings. The molecule has 6 heteroatoms. The normalized spacial score (nSPS) is 10.2. The number of amidine groups is 1. The molecule has 0 unspecified atom stereocenters. The van der Waals surface area contributed by atoms with Crippen LogP contribution in [0.15, 0.2) is 18.2 Å². The molecule has 4 nitrogen and oxygen atoms in total. The molecule has 0 amide bonds. The van der Waals surface area contributed by atoms with Crippen LogP contribution in [0.25, 0.3) is 0 Å². The van der Waals surface area contributed by atoms with Gasteiger partial charge in [0.2, 0.25) is 0 Å². The van der Waals surface area contributed by atoms with E-state index in [0.717, 1.165) is 0 Å². The summed E-state index contributed by atoms with van der Waals surface area (Å²) >= 11 is 0. The molecule has 88 valence electrons. The van der Waals surface area contributed by atoms with Crippen LogP contribution < -0.4 is 15.2 Å². The smallest absolute Gasteiger partial charge is 0.272 e. The molecule has 0 aromatic heterocycles. The lowest BCUT2D eigenvalue weighted by Crippen LogP contribution is -2.12. The van der Waals surface area contributed by atoms with Crippen molar-refractivity contribution in [1.82, 2.24) is 0 Å². The van der Waals surface area contributed by atoms with Gasteiger partial charge in [-0.1, -0.05) is 0 Å². The summed E-state index contributed by atoms with van der Waals surface area (Å²) in [4.78, 5) is 0. The van der Waals surface area contributed by atoms with Crippen LogP contribution in [-0.4, -0.2) is 26.0 Å². The first-order valence-electron chi connectivity index (χ1n) is 4.48. The van der Waals surface area contributed by atoms with E-state index < -0.39 is 13.0 Å². The van der Waals surface area contributed by atoms with Gasteiger partial charge in [-0.2, -0.15) is 0 Å². The second-order valence-electron chi connectivity index (χ2n) is 2.98. The van der Waals surface area contributed by atoms with Gasteiger partial charge < -0.3 is 15.2 Å². The minimum absolute atomic E-state index is 0.126. The third-order valence-corrected chi connectivity index (χ3v) is 1.84. The molecule has 0 radical (unpaired) electrons. The third-order valence-electron chi connectivity index (χ3n) is 1.84. The Kier molecular flexibility index (Phi) is 4.04. The van der Waals surface area contributed by atoms with Crippen LogP contribution in [0, 0.1) is 5.41 Å². The monoisotopic (exact) mass is 230 g/mol. The number of hydrogen-bond acceptors (Lipinski definition) is 3. The van der Waals surface area contributed by atoms with Crippen molar-refractivity contribution in [3.8, 4) is 11.5 Å². The maximum Gasteiger partial charge on any atom is 0.272 e. The van der Waals surface area contributed by atoms with Crippen LogP contribution in [0.1, 0.15) is 5.56 Å². The average Bonchev–Trinajstić information content (AvgIpc) is 2.25. The zero-order valence-electron chi connectivity index (χ0n) is 8.67. The molecule has 1 rings (SSSR count). The quantitative estimate of drug-likeness (QED) is 0.596. The SMILES string of the molecule is COc1cc(C(=N)N)ccc1OCC(F)F. The highest BCUT2D eigenvalue weighted by Crippen LogP contribution is 2.28. The topological polar surface area (TPSA) is 68.3 Å². The third kappa shape index (κ3) is 3.08. The van der Waals surface area contributed by atoms with Gasteiger partial charge in [0.25, 0.3) is 6.43 Å². The van der Waals surface area contributed by atoms with Gasteiger partial charge >= 0.3 is 0 Å². The molecule has 0 aliphatic carbocycles.